The van der Waals surface area contributed by atoms with E-state index in [1.165, 1.54) is 24.0 Å². The Morgan fingerprint density at radius 2 is 2.04 bits per heavy atom. The van der Waals surface area contributed by atoms with Gasteiger partial charge in [-0.1, -0.05) is 18.2 Å². The quantitative estimate of drug-likeness (QED) is 0.350. The van der Waals surface area contributed by atoms with Crippen molar-refractivity contribution in [3.8, 4) is 11.5 Å². The molecule has 5 nitrogen and oxygen atoms in total. The predicted octanol–water partition coefficient (Wildman–Crippen LogP) is 4.21. The maximum atomic E-state index is 9.75. The Balaban J connectivity index is 0.00000243. The Morgan fingerprint density at radius 3 is 2.85 bits per heavy atom. The first kappa shape index (κ1) is 20.4. The Kier molecular flexibility index (Phi) is 7.56. The smallest absolute Gasteiger partial charge is 0.193 e. The summed E-state index contributed by atoms with van der Waals surface area (Å²) in [4.78, 5) is 4.42. The first-order valence-corrected chi connectivity index (χ1v) is 8.79. The zero-order valence-corrected chi connectivity index (χ0v) is 17.3. The van der Waals surface area contributed by atoms with E-state index in [9.17, 15) is 5.11 Å². The number of hydrogen-bond acceptors (Lipinski definition) is 3. The number of fused-ring (bicyclic) bond motifs is 1. The first-order chi connectivity index (χ1) is 12.2. The number of anilines is 1. The number of rotatable bonds is 5. The highest BCUT2D eigenvalue weighted by Gasteiger charge is 2.13. The topological polar surface area (TPSA) is 79.9 Å². The SMILES string of the molecule is CCOc1cc(CN=C(N)Nc2cccc3c2CCCC3)ccc1O.I. The number of phenolic OH excluding ortho intramolecular Hbond substituents is 1. The average molecular weight is 467 g/mol. The van der Waals surface area contributed by atoms with E-state index < -0.39 is 0 Å². The van der Waals surface area contributed by atoms with Crippen LogP contribution in [-0.2, 0) is 19.4 Å². The molecule has 0 amide bonds. The summed E-state index contributed by atoms with van der Waals surface area (Å²) in [5.74, 6) is 1.00. The van der Waals surface area contributed by atoms with Crippen molar-refractivity contribution in [3.05, 3.63) is 53.1 Å². The number of aryl methyl sites for hydroxylation is 1. The summed E-state index contributed by atoms with van der Waals surface area (Å²) in [5.41, 5.74) is 10.8. The van der Waals surface area contributed by atoms with E-state index in [1.807, 2.05) is 13.0 Å². The molecule has 1 aliphatic carbocycles. The van der Waals surface area contributed by atoms with Gasteiger partial charge < -0.3 is 20.9 Å². The van der Waals surface area contributed by atoms with Crippen LogP contribution < -0.4 is 15.8 Å². The van der Waals surface area contributed by atoms with Crippen molar-refractivity contribution in [2.24, 2.45) is 10.7 Å². The van der Waals surface area contributed by atoms with Crippen LogP contribution in [0.5, 0.6) is 11.5 Å². The number of nitrogens with one attached hydrogen (secondary N) is 1. The van der Waals surface area contributed by atoms with Gasteiger partial charge in [0.05, 0.1) is 13.2 Å². The number of hydrogen-bond donors (Lipinski definition) is 3. The molecule has 0 aliphatic heterocycles. The molecule has 0 saturated heterocycles. The number of halogens is 1. The maximum Gasteiger partial charge on any atom is 0.193 e. The van der Waals surface area contributed by atoms with Crippen LogP contribution in [0.1, 0.15) is 36.5 Å². The maximum absolute atomic E-state index is 9.75. The van der Waals surface area contributed by atoms with Gasteiger partial charge in [-0.05, 0) is 67.5 Å². The van der Waals surface area contributed by atoms with Crippen LogP contribution in [0.2, 0.25) is 0 Å². The normalized spacial score (nSPS) is 13.5. The van der Waals surface area contributed by atoms with Crippen LogP contribution in [0.25, 0.3) is 0 Å². The second kappa shape index (κ2) is 9.66. The number of ether oxygens (including phenoxy) is 1. The summed E-state index contributed by atoms with van der Waals surface area (Å²) in [5, 5.41) is 13.0. The summed E-state index contributed by atoms with van der Waals surface area (Å²) >= 11 is 0. The molecule has 6 heteroatoms. The van der Waals surface area contributed by atoms with Gasteiger partial charge in [0.1, 0.15) is 0 Å². The second-order valence-corrected chi connectivity index (χ2v) is 6.21. The van der Waals surface area contributed by atoms with E-state index in [0.29, 0.717) is 24.9 Å². The lowest BCUT2D eigenvalue weighted by Crippen LogP contribution is -2.24. The van der Waals surface area contributed by atoms with Crippen molar-refractivity contribution in [2.75, 3.05) is 11.9 Å². The molecule has 26 heavy (non-hydrogen) atoms. The lowest BCUT2D eigenvalue weighted by atomic mass is 9.90. The minimum atomic E-state index is 0. The molecule has 0 saturated carbocycles. The van der Waals surface area contributed by atoms with E-state index in [-0.39, 0.29) is 29.7 Å². The van der Waals surface area contributed by atoms with E-state index in [4.69, 9.17) is 10.5 Å². The minimum Gasteiger partial charge on any atom is -0.504 e. The van der Waals surface area contributed by atoms with Crippen LogP contribution in [0.4, 0.5) is 5.69 Å². The first-order valence-electron chi connectivity index (χ1n) is 8.79. The van der Waals surface area contributed by atoms with Gasteiger partial charge in [-0.25, -0.2) is 4.99 Å². The molecule has 0 aromatic heterocycles. The average Bonchev–Trinajstić information content (AvgIpc) is 2.63. The lowest BCUT2D eigenvalue weighted by Gasteiger charge is -2.19. The molecular weight excluding hydrogens is 441 g/mol. The molecule has 1 aliphatic rings. The number of guanidine groups is 1. The molecule has 2 aromatic rings. The van der Waals surface area contributed by atoms with Crippen molar-refractivity contribution in [2.45, 2.75) is 39.2 Å². The van der Waals surface area contributed by atoms with Crippen molar-refractivity contribution < 1.29 is 9.84 Å². The number of aliphatic imine (C=N–C) groups is 1. The molecule has 0 heterocycles. The van der Waals surface area contributed by atoms with E-state index in [0.717, 1.165) is 24.1 Å². The Hall–Kier alpha value is -1.96. The molecule has 0 atom stereocenters. The fourth-order valence-corrected chi connectivity index (χ4v) is 3.18. The molecule has 0 unspecified atom stereocenters. The highest BCUT2D eigenvalue weighted by Crippen LogP contribution is 2.28. The number of nitrogens with zero attached hydrogens (tertiary/aromatic N) is 1. The molecule has 0 radical (unpaired) electrons. The summed E-state index contributed by atoms with van der Waals surface area (Å²) in [6.45, 7) is 2.81. The van der Waals surface area contributed by atoms with E-state index >= 15 is 0 Å². The molecule has 0 spiro atoms. The number of benzene rings is 2. The van der Waals surface area contributed by atoms with Gasteiger partial charge in [-0.3, -0.25) is 0 Å². The third kappa shape index (κ3) is 5.03. The molecule has 3 rings (SSSR count). The molecule has 4 N–H and O–H groups in total. The molecule has 140 valence electrons. The van der Waals surface area contributed by atoms with Gasteiger partial charge >= 0.3 is 0 Å². The van der Waals surface area contributed by atoms with Gasteiger partial charge in [0.15, 0.2) is 17.5 Å². The van der Waals surface area contributed by atoms with Gasteiger partial charge in [0.25, 0.3) is 0 Å². The van der Waals surface area contributed by atoms with Crippen LogP contribution >= 0.6 is 24.0 Å². The standard InChI is InChI=1S/C20H25N3O2.HI/c1-2-25-19-12-14(10-11-18(19)24)13-22-20(21)23-17-9-5-7-15-6-3-4-8-16(15)17;/h5,7,9-12,24H,2-4,6,8,13H2,1H3,(H3,21,22,23);1H. The van der Waals surface area contributed by atoms with E-state index in [1.54, 1.807) is 12.1 Å². The van der Waals surface area contributed by atoms with Crippen molar-refractivity contribution in [3.63, 3.8) is 0 Å². The van der Waals surface area contributed by atoms with Crippen LogP contribution in [-0.4, -0.2) is 17.7 Å². The zero-order chi connectivity index (χ0) is 17.6. The molecule has 0 bridgehead atoms. The molecular formula is C20H26IN3O2. The third-order valence-electron chi connectivity index (χ3n) is 4.41. The number of phenols is 1. The summed E-state index contributed by atoms with van der Waals surface area (Å²) in [6, 6.07) is 11.5. The highest BCUT2D eigenvalue weighted by molar-refractivity contribution is 14.0. The third-order valence-corrected chi connectivity index (χ3v) is 4.41. The fourth-order valence-electron chi connectivity index (χ4n) is 3.18. The van der Waals surface area contributed by atoms with Crippen molar-refractivity contribution in [1.29, 1.82) is 0 Å². The zero-order valence-electron chi connectivity index (χ0n) is 15.0. The van der Waals surface area contributed by atoms with Gasteiger partial charge in [0, 0.05) is 5.69 Å². The van der Waals surface area contributed by atoms with Crippen molar-refractivity contribution in [1.82, 2.24) is 0 Å². The number of aromatic hydroxyl groups is 1. The minimum absolute atomic E-state index is 0. The Morgan fingerprint density at radius 1 is 1.23 bits per heavy atom. The van der Waals surface area contributed by atoms with Crippen LogP contribution in [0.15, 0.2) is 41.4 Å². The van der Waals surface area contributed by atoms with Crippen LogP contribution in [0.3, 0.4) is 0 Å². The molecule has 0 fully saturated rings. The summed E-state index contributed by atoms with van der Waals surface area (Å²) in [6.07, 6.45) is 4.69. The second-order valence-electron chi connectivity index (χ2n) is 6.21. The largest absolute Gasteiger partial charge is 0.504 e. The summed E-state index contributed by atoms with van der Waals surface area (Å²) < 4.78 is 5.40. The predicted molar refractivity (Wildman–Crippen MR) is 117 cm³/mol. The Bertz CT molecular complexity index is 778. The van der Waals surface area contributed by atoms with Crippen LogP contribution in [0, 0.1) is 0 Å². The van der Waals surface area contributed by atoms with Gasteiger partial charge in [-0.2, -0.15) is 0 Å². The lowest BCUT2D eigenvalue weighted by molar-refractivity contribution is 0.318. The molecule has 2 aromatic carbocycles. The van der Waals surface area contributed by atoms with Gasteiger partial charge in [0.2, 0.25) is 0 Å². The Labute approximate surface area is 171 Å². The van der Waals surface area contributed by atoms with Gasteiger partial charge in [-0.15, -0.1) is 24.0 Å². The fraction of sp³-hybridized carbons (Fsp3) is 0.350. The van der Waals surface area contributed by atoms with E-state index in [2.05, 4.69) is 28.5 Å². The monoisotopic (exact) mass is 467 g/mol. The highest BCUT2D eigenvalue weighted by atomic mass is 127. The summed E-state index contributed by atoms with van der Waals surface area (Å²) in [7, 11) is 0. The van der Waals surface area contributed by atoms with Crippen molar-refractivity contribution >= 4 is 35.6 Å². The number of nitrogens with two attached hydrogens (primary N) is 1.